The van der Waals surface area contributed by atoms with Crippen LogP contribution >= 0.6 is 0 Å². The maximum Gasteiger partial charge on any atom is 0.336 e. The van der Waals surface area contributed by atoms with Gasteiger partial charge in [0.05, 0.1) is 16.7 Å². The molecule has 0 fully saturated rings. The molecule has 0 amide bonds. The average Bonchev–Trinajstić information content (AvgIpc) is 3.22. The first-order valence-electron chi connectivity index (χ1n) is 26.2. The molecule has 0 radical (unpaired) electrons. The summed E-state index contributed by atoms with van der Waals surface area (Å²) >= 11 is 0. The van der Waals surface area contributed by atoms with E-state index in [1.807, 2.05) is 0 Å². The van der Waals surface area contributed by atoms with Crippen molar-refractivity contribution >= 4 is 17.9 Å². The molecule has 0 atom stereocenters. The second-order valence-electron chi connectivity index (χ2n) is 18.5. The molecule has 6 heteroatoms. The molecule has 0 bridgehead atoms. The summed E-state index contributed by atoms with van der Waals surface area (Å²) in [7, 11) is 0. The SMILES string of the molecule is CCCCCCCCCCCCCCCc1c(CCCCCCCCCCCCCCC)c(C(=O)O)c(C(=O)O)c(CCCCCCCCCCCCCCC)c1C(=O)O. The molecule has 0 aliphatic heterocycles. The van der Waals surface area contributed by atoms with E-state index in [1.165, 1.54) is 173 Å². The van der Waals surface area contributed by atoms with Gasteiger partial charge in [0.15, 0.2) is 0 Å². The van der Waals surface area contributed by atoms with E-state index in [2.05, 4.69) is 20.8 Å². The lowest BCUT2D eigenvalue weighted by Gasteiger charge is -2.22. The molecule has 0 unspecified atom stereocenters. The Hall–Kier alpha value is -2.37. The van der Waals surface area contributed by atoms with Crippen LogP contribution < -0.4 is 0 Å². The van der Waals surface area contributed by atoms with Crippen molar-refractivity contribution in [1.29, 1.82) is 0 Å². The highest BCUT2D eigenvalue weighted by Crippen LogP contribution is 2.34. The fourth-order valence-corrected chi connectivity index (χ4v) is 9.40. The molecule has 0 aromatic heterocycles. The van der Waals surface area contributed by atoms with Crippen molar-refractivity contribution in [2.24, 2.45) is 0 Å². The first-order chi connectivity index (χ1) is 29.3. The third kappa shape index (κ3) is 26.9. The van der Waals surface area contributed by atoms with E-state index in [4.69, 9.17) is 0 Å². The lowest BCUT2D eigenvalue weighted by atomic mass is 9.80. The van der Waals surface area contributed by atoms with Crippen LogP contribution in [0.5, 0.6) is 0 Å². The van der Waals surface area contributed by atoms with Crippen molar-refractivity contribution in [3.05, 3.63) is 33.4 Å². The quantitative estimate of drug-likeness (QED) is 0.0564. The van der Waals surface area contributed by atoms with Crippen molar-refractivity contribution in [2.45, 2.75) is 290 Å². The summed E-state index contributed by atoms with van der Waals surface area (Å²) < 4.78 is 0. The number of benzene rings is 1. The molecule has 0 heterocycles. The maximum atomic E-state index is 13.2. The fraction of sp³-hybridized carbons (Fsp3) is 0.833. The first kappa shape index (κ1) is 55.6. The topological polar surface area (TPSA) is 112 Å². The Morgan fingerprint density at radius 1 is 0.250 bits per heavy atom. The highest BCUT2D eigenvalue weighted by Gasteiger charge is 2.32. The van der Waals surface area contributed by atoms with E-state index in [0.29, 0.717) is 30.4 Å². The van der Waals surface area contributed by atoms with E-state index in [1.54, 1.807) is 0 Å². The maximum absolute atomic E-state index is 13.2. The average molecular weight is 841 g/mol. The number of carboxylic acid groups (broad SMARTS) is 3. The molecular formula is C54H96O6. The van der Waals surface area contributed by atoms with Crippen LogP contribution in [0.15, 0.2) is 0 Å². The summed E-state index contributed by atoms with van der Waals surface area (Å²) in [6.45, 7) is 6.76. The summed E-state index contributed by atoms with van der Waals surface area (Å²) in [6.07, 6.45) is 47.9. The largest absolute Gasteiger partial charge is 0.478 e. The third-order valence-corrected chi connectivity index (χ3v) is 13.1. The third-order valence-electron chi connectivity index (χ3n) is 13.1. The van der Waals surface area contributed by atoms with Crippen molar-refractivity contribution in [2.75, 3.05) is 0 Å². The van der Waals surface area contributed by atoms with Crippen LogP contribution in [0, 0.1) is 0 Å². The van der Waals surface area contributed by atoms with Crippen LogP contribution in [0.25, 0.3) is 0 Å². The Morgan fingerprint density at radius 2 is 0.417 bits per heavy atom. The van der Waals surface area contributed by atoms with Gasteiger partial charge in [-0.2, -0.15) is 0 Å². The van der Waals surface area contributed by atoms with Gasteiger partial charge in [-0.3, -0.25) is 0 Å². The van der Waals surface area contributed by atoms with Gasteiger partial charge in [0.1, 0.15) is 0 Å². The monoisotopic (exact) mass is 841 g/mol. The fourth-order valence-electron chi connectivity index (χ4n) is 9.40. The zero-order valence-electron chi connectivity index (χ0n) is 39.8. The summed E-state index contributed by atoms with van der Waals surface area (Å²) in [5, 5.41) is 31.9. The molecular weight excluding hydrogens is 745 g/mol. The van der Waals surface area contributed by atoms with Crippen molar-refractivity contribution in [1.82, 2.24) is 0 Å². The smallest absolute Gasteiger partial charge is 0.336 e. The van der Waals surface area contributed by atoms with Crippen molar-refractivity contribution < 1.29 is 29.7 Å². The molecule has 348 valence electrons. The lowest BCUT2D eigenvalue weighted by Crippen LogP contribution is -2.22. The van der Waals surface area contributed by atoms with Crippen LogP contribution in [-0.4, -0.2) is 33.2 Å². The molecule has 0 spiro atoms. The van der Waals surface area contributed by atoms with Crippen LogP contribution in [0.1, 0.15) is 319 Å². The first-order valence-corrected chi connectivity index (χ1v) is 26.2. The Bertz CT molecular complexity index is 1220. The van der Waals surface area contributed by atoms with E-state index in [-0.39, 0.29) is 28.7 Å². The molecule has 0 saturated heterocycles. The van der Waals surface area contributed by atoms with Crippen LogP contribution in [0.3, 0.4) is 0 Å². The number of rotatable bonds is 45. The Morgan fingerprint density at radius 3 is 0.633 bits per heavy atom. The van der Waals surface area contributed by atoms with Gasteiger partial charge in [0.25, 0.3) is 0 Å². The number of carboxylic acids is 3. The minimum Gasteiger partial charge on any atom is -0.478 e. The van der Waals surface area contributed by atoms with Crippen LogP contribution in [0.2, 0.25) is 0 Å². The molecule has 1 rings (SSSR count). The highest BCUT2D eigenvalue weighted by atomic mass is 16.4. The van der Waals surface area contributed by atoms with Crippen molar-refractivity contribution in [3.63, 3.8) is 0 Å². The molecule has 1 aromatic carbocycles. The van der Waals surface area contributed by atoms with Gasteiger partial charge in [0, 0.05) is 0 Å². The second-order valence-corrected chi connectivity index (χ2v) is 18.5. The second kappa shape index (κ2) is 39.5. The molecule has 6 nitrogen and oxygen atoms in total. The number of hydrogen-bond donors (Lipinski definition) is 3. The number of aromatic carboxylic acids is 3. The summed E-state index contributed by atoms with van der Waals surface area (Å²) in [5.41, 5.74) is 0.942. The molecule has 3 N–H and O–H groups in total. The molecule has 0 saturated carbocycles. The van der Waals surface area contributed by atoms with E-state index >= 15 is 0 Å². The minimum atomic E-state index is -1.32. The summed E-state index contributed by atoms with van der Waals surface area (Å²) in [4.78, 5) is 39.1. The van der Waals surface area contributed by atoms with Crippen LogP contribution in [-0.2, 0) is 19.3 Å². The number of hydrogen-bond acceptors (Lipinski definition) is 3. The molecule has 0 aliphatic carbocycles. The lowest BCUT2D eigenvalue weighted by molar-refractivity contribution is 0.0646. The van der Waals surface area contributed by atoms with Gasteiger partial charge in [-0.1, -0.05) is 252 Å². The van der Waals surface area contributed by atoms with Gasteiger partial charge < -0.3 is 15.3 Å². The molecule has 60 heavy (non-hydrogen) atoms. The molecule has 0 aliphatic rings. The predicted octanol–water partition coefficient (Wildman–Crippen LogP) is 17.7. The van der Waals surface area contributed by atoms with Gasteiger partial charge in [-0.15, -0.1) is 0 Å². The van der Waals surface area contributed by atoms with E-state index < -0.39 is 17.9 Å². The molecule has 1 aromatic rings. The number of carbonyl (C=O) groups is 3. The summed E-state index contributed by atoms with van der Waals surface area (Å²) in [6, 6.07) is 0. The highest BCUT2D eigenvalue weighted by molar-refractivity contribution is 6.07. The van der Waals surface area contributed by atoms with Gasteiger partial charge in [0.2, 0.25) is 0 Å². The Kier molecular flexibility index (Phi) is 36.6. The standard InChI is InChI=1S/C54H96O6/c1-4-7-10-13-16-19-22-25-28-31-34-37-40-43-46-47(44-41-38-35-32-29-26-23-20-17-14-11-8-5-2)50(53(57)58)51(54(59)60)48(49(46)52(55)56)45-42-39-36-33-30-27-24-21-18-15-12-9-6-3/h4-45H2,1-3H3,(H,55,56)(H,57,58)(H,59,60). The predicted molar refractivity (Wildman–Crippen MR) is 256 cm³/mol. The Labute approximate surface area is 370 Å². The zero-order chi connectivity index (χ0) is 43.9. The Balaban J connectivity index is 2.97. The number of unbranched alkanes of at least 4 members (excludes halogenated alkanes) is 36. The van der Waals surface area contributed by atoms with Gasteiger partial charge >= 0.3 is 17.9 Å². The van der Waals surface area contributed by atoms with Gasteiger partial charge in [-0.05, 0) is 55.2 Å². The van der Waals surface area contributed by atoms with Gasteiger partial charge in [-0.25, -0.2) is 14.4 Å². The zero-order valence-corrected chi connectivity index (χ0v) is 39.8. The van der Waals surface area contributed by atoms with Crippen LogP contribution in [0.4, 0.5) is 0 Å². The van der Waals surface area contributed by atoms with Crippen molar-refractivity contribution in [3.8, 4) is 0 Å². The normalized spacial score (nSPS) is 11.4. The van der Waals surface area contributed by atoms with E-state index in [9.17, 15) is 29.7 Å². The minimum absolute atomic E-state index is 0.0833. The van der Waals surface area contributed by atoms with E-state index in [0.717, 1.165) is 70.6 Å². The summed E-state index contributed by atoms with van der Waals surface area (Å²) in [5.74, 6) is -3.68.